The van der Waals surface area contributed by atoms with Crippen LogP contribution in [0, 0.1) is 12.8 Å². The quantitative estimate of drug-likeness (QED) is 0.381. The first-order valence-electron chi connectivity index (χ1n) is 11.8. The fourth-order valence-electron chi connectivity index (χ4n) is 4.44. The number of carbonyl (C=O) groups is 2. The van der Waals surface area contributed by atoms with Crippen LogP contribution >= 0.6 is 0 Å². The van der Waals surface area contributed by atoms with Gasteiger partial charge in [0.2, 0.25) is 5.91 Å². The highest BCUT2D eigenvalue weighted by atomic mass is 16.5. The van der Waals surface area contributed by atoms with E-state index in [0.29, 0.717) is 35.9 Å². The van der Waals surface area contributed by atoms with E-state index in [1.165, 1.54) is 4.90 Å². The van der Waals surface area contributed by atoms with Crippen LogP contribution in [0.25, 0.3) is 10.9 Å². The van der Waals surface area contributed by atoms with Crippen molar-refractivity contribution < 1.29 is 19.5 Å². The molecule has 1 aliphatic rings. The van der Waals surface area contributed by atoms with E-state index in [1.807, 2.05) is 51.1 Å². The second-order valence-corrected chi connectivity index (χ2v) is 9.57. The number of carbonyl (C=O) groups excluding carboxylic acids is 2. The van der Waals surface area contributed by atoms with Gasteiger partial charge < -0.3 is 15.4 Å². The van der Waals surface area contributed by atoms with Gasteiger partial charge in [0, 0.05) is 23.2 Å². The molecule has 0 radical (unpaired) electrons. The number of aryl methyl sites for hydroxylation is 1. The van der Waals surface area contributed by atoms with Crippen molar-refractivity contribution in [3.05, 3.63) is 71.4 Å². The van der Waals surface area contributed by atoms with Gasteiger partial charge in [-0.1, -0.05) is 44.2 Å². The summed E-state index contributed by atoms with van der Waals surface area (Å²) in [5.74, 6) is -0.0537. The third kappa shape index (κ3) is 5.28. The first-order valence-corrected chi connectivity index (χ1v) is 11.8. The minimum absolute atomic E-state index is 0.119. The van der Waals surface area contributed by atoms with Crippen LogP contribution in [-0.4, -0.2) is 51.6 Å². The van der Waals surface area contributed by atoms with Gasteiger partial charge >= 0.3 is 0 Å². The summed E-state index contributed by atoms with van der Waals surface area (Å²) in [7, 11) is 0. The molecule has 8 nitrogen and oxygen atoms in total. The van der Waals surface area contributed by atoms with E-state index in [2.05, 4.69) is 4.98 Å². The fourth-order valence-corrected chi connectivity index (χ4v) is 4.44. The normalized spacial score (nSPS) is 17.9. The molecule has 1 aromatic heterocycles. The van der Waals surface area contributed by atoms with Crippen LogP contribution in [0.3, 0.4) is 0 Å². The number of ether oxygens (including phenoxy) is 1. The summed E-state index contributed by atoms with van der Waals surface area (Å²) in [6.45, 7) is 6.52. The maximum Gasteiger partial charge on any atom is 0.265 e. The summed E-state index contributed by atoms with van der Waals surface area (Å²) in [5, 5.41) is 11.6. The number of likely N-dealkylation sites (tertiary alicyclic amines) is 1. The standard InChI is InChI=1S/C27H32N4O4/c1-18(2)15-31(34)25(32)16-30-13-12-27(28,26(30)33)21-8-10-22(11-9-21)35-17-20-14-19(3)29-24-7-5-4-6-23(20)24/h4-11,14,18,34H,12-13,15-17,28H2,1-3H3/t27-/m1/s1. The Kier molecular flexibility index (Phi) is 7.05. The maximum atomic E-state index is 13.1. The minimum Gasteiger partial charge on any atom is -0.489 e. The van der Waals surface area contributed by atoms with Crippen molar-refractivity contribution in [2.45, 2.75) is 39.3 Å². The van der Waals surface area contributed by atoms with Crippen LogP contribution in [0.15, 0.2) is 54.6 Å². The van der Waals surface area contributed by atoms with Crippen LogP contribution in [-0.2, 0) is 21.7 Å². The van der Waals surface area contributed by atoms with Gasteiger partial charge in [-0.05, 0) is 49.1 Å². The Morgan fingerprint density at radius 1 is 1.23 bits per heavy atom. The van der Waals surface area contributed by atoms with Crippen molar-refractivity contribution in [3.63, 3.8) is 0 Å². The Balaban J connectivity index is 1.41. The van der Waals surface area contributed by atoms with Crippen molar-refractivity contribution in [1.29, 1.82) is 0 Å². The number of hydrogen-bond donors (Lipinski definition) is 2. The molecular weight excluding hydrogens is 444 g/mol. The molecule has 0 spiro atoms. The number of amides is 2. The number of aromatic nitrogens is 1. The SMILES string of the molecule is Cc1cc(COc2ccc([C@]3(N)CCN(CC(=O)N(O)CC(C)C)C3=O)cc2)c2ccccc2n1. The first-order chi connectivity index (χ1) is 16.7. The molecule has 184 valence electrons. The minimum atomic E-state index is -1.21. The number of nitrogens with two attached hydrogens (primary N) is 1. The van der Waals surface area contributed by atoms with E-state index >= 15 is 0 Å². The lowest BCUT2D eigenvalue weighted by Crippen LogP contribution is -2.48. The predicted octanol–water partition coefficient (Wildman–Crippen LogP) is 3.38. The summed E-state index contributed by atoms with van der Waals surface area (Å²) in [5.41, 5.74) is 8.88. The smallest absolute Gasteiger partial charge is 0.265 e. The number of fused-ring (bicyclic) bond motifs is 1. The summed E-state index contributed by atoms with van der Waals surface area (Å²) in [6.07, 6.45) is 0.386. The Morgan fingerprint density at radius 3 is 2.66 bits per heavy atom. The first kappa shape index (κ1) is 24.6. The summed E-state index contributed by atoms with van der Waals surface area (Å²) < 4.78 is 6.02. The number of hydrogen-bond acceptors (Lipinski definition) is 6. The van der Waals surface area contributed by atoms with Gasteiger partial charge in [-0.3, -0.25) is 19.8 Å². The third-order valence-electron chi connectivity index (χ3n) is 6.29. The van der Waals surface area contributed by atoms with Gasteiger partial charge in [0.05, 0.1) is 12.1 Å². The van der Waals surface area contributed by atoms with E-state index in [4.69, 9.17) is 10.5 Å². The van der Waals surface area contributed by atoms with Crippen LogP contribution < -0.4 is 10.5 Å². The maximum absolute atomic E-state index is 13.1. The van der Waals surface area contributed by atoms with Crippen molar-refractivity contribution in [3.8, 4) is 5.75 Å². The number of benzene rings is 2. The molecule has 1 fully saturated rings. The predicted molar refractivity (Wildman–Crippen MR) is 133 cm³/mol. The average Bonchev–Trinajstić information content (AvgIpc) is 3.11. The topological polar surface area (TPSA) is 109 Å². The summed E-state index contributed by atoms with van der Waals surface area (Å²) in [4.78, 5) is 31.3. The summed E-state index contributed by atoms with van der Waals surface area (Å²) in [6, 6.07) is 17.2. The molecule has 1 aliphatic heterocycles. The third-order valence-corrected chi connectivity index (χ3v) is 6.29. The molecule has 1 saturated heterocycles. The van der Waals surface area contributed by atoms with Crippen molar-refractivity contribution in [1.82, 2.24) is 14.9 Å². The molecule has 2 heterocycles. The van der Waals surface area contributed by atoms with Crippen LogP contribution in [0.2, 0.25) is 0 Å². The van der Waals surface area contributed by atoms with Gasteiger partial charge in [0.1, 0.15) is 24.4 Å². The van der Waals surface area contributed by atoms with Crippen molar-refractivity contribution in [2.24, 2.45) is 11.7 Å². The second kappa shape index (κ2) is 10.0. The average molecular weight is 477 g/mol. The fraction of sp³-hybridized carbons (Fsp3) is 0.370. The molecule has 1 atom stereocenters. The van der Waals surface area contributed by atoms with E-state index < -0.39 is 11.4 Å². The van der Waals surface area contributed by atoms with Gasteiger partial charge in [-0.25, -0.2) is 5.06 Å². The molecule has 8 heteroatoms. The van der Waals surface area contributed by atoms with Crippen LogP contribution in [0.4, 0.5) is 0 Å². The van der Waals surface area contributed by atoms with E-state index in [9.17, 15) is 14.8 Å². The highest BCUT2D eigenvalue weighted by molar-refractivity contribution is 5.92. The Morgan fingerprint density at radius 2 is 1.94 bits per heavy atom. The number of nitrogens with zero attached hydrogens (tertiary/aromatic N) is 3. The van der Waals surface area contributed by atoms with E-state index in [0.717, 1.165) is 22.2 Å². The molecule has 0 aliphatic carbocycles. The van der Waals surface area contributed by atoms with Gasteiger partial charge in [0.15, 0.2) is 0 Å². The molecule has 35 heavy (non-hydrogen) atoms. The lowest BCUT2D eigenvalue weighted by Gasteiger charge is -2.25. The number of para-hydroxylation sites is 1. The van der Waals surface area contributed by atoms with E-state index in [1.54, 1.807) is 24.3 Å². The summed E-state index contributed by atoms with van der Waals surface area (Å²) >= 11 is 0. The van der Waals surface area contributed by atoms with Gasteiger partial charge in [-0.15, -0.1) is 0 Å². The molecule has 0 bridgehead atoms. The van der Waals surface area contributed by atoms with Crippen molar-refractivity contribution >= 4 is 22.7 Å². The molecule has 0 unspecified atom stereocenters. The highest BCUT2D eigenvalue weighted by Gasteiger charge is 2.45. The van der Waals surface area contributed by atoms with Gasteiger partial charge in [0.25, 0.3) is 5.91 Å². The highest BCUT2D eigenvalue weighted by Crippen LogP contribution is 2.32. The number of pyridine rings is 1. The molecule has 2 amide bonds. The molecule has 3 N–H and O–H groups in total. The second-order valence-electron chi connectivity index (χ2n) is 9.57. The Labute approximate surface area is 205 Å². The zero-order chi connectivity index (χ0) is 25.2. The Hall–Kier alpha value is -3.49. The zero-order valence-corrected chi connectivity index (χ0v) is 20.4. The number of rotatable bonds is 8. The zero-order valence-electron chi connectivity index (χ0n) is 20.4. The molecule has 4 rings (SSSR count). The van der Waals surface area contributed by atoms with Crippen LogP contribution in [0.1, 0.15) is 37.1 Å². The number of hydroxylamine groups is 2. The Bertz CT molecular complexity index is 1230. The monoisotopic (exact) mass is 476 g/mol. The molecular formula is C27H32N4O4. The van der Waals surface area contributed by atoms with Crippen molar-refractivity contribution in [2.75, 3.05) is 19.6 Å². The van der Waals surface area contributed by atoms with Crippen LogP contribution in [0.5, 0.6) is 5.75 Å². The molecule has 3 aromatic rings. The molecule has 2 aromatic carbocycles. The van der Waals surface area contributed by atoms with E-state index in [-0.39, 0.29) is 24.9 Å². The van der Waals surface area contributed by atoms with Gasteiger partial charge in [-0.2, -0.15) is 0 Å². The molecule has 0 saturated carbocycles. The lowest BCUT2D eigenvalue weighted by molar-refractivity contribution is -0.169. The largest absolute Gasteiger partial charge is 0.489 e. The lowest BCUT2D eigenvalue weighted by atomic mass is 9.89.